The van der Waals surface area contributed by atoms with Crippen LogP contribution in [-0.4, -0.2) is 11.8 Å². The normalized spacial score (nSPS) is 16.3. The summed E-state index contributed by atoms with van der Waals surface area (Å²) in [5, 5.41) is -0.400. The molecule has 2 nitrogen and oxygen atoms in total. The smallest absolute Gasteiger partial charge is 0.252 e. The van der Waals surface area contributed by atoms with Gasteiger partial charge in [0.1, 0.15) is 5.75 Å². The third-order valence-electron chi connectivity index (χ3n) is 2.89. The molecule has 1 aliphatic heterocycles. The number of ether oxygens (including phenoxy) is 1. The lowest BCUT2D eigenvalue weighted by Gasteiger charge is -2.10. The van der Waals surface area contributed by atoms with Crippen molar-refractivity contribution in [2.24, 2.45) is 0 Å². The molecule has 2 rings (SSSR count). The fourth-order valence-electron chi connectivity index (χ4n) is 1.99. The fourth-order valence-corrected chi connectivity index (χ4v) is 2.11. The molecule has 1 heterocycles. The van der Waals surface area contributed by atoms with Crippen molar-refractivity contribution < 1.29 is 9.53 Å². The Kier molecular flexibility index (Phi) is 3.83. The van der Waals surface area contributed by atoms with E-state index in [9.17, 15) is 4.79 Å². The van der Waals surface area contributed by atoms with Crippen LogP contribution in [0, 0.1) is 0 Å². The zero-order chi connectivity index (χ0) is 11.4. The van der Waals surface area contributed by atoms with Crippen molar-refractivity contribution in [3.63, 3.8) is 0 Å². The molecule has 3 heteroatoms. The van der Waals surface area contributed by atoms with Gasteiger partial charge in [0.25, 0.3) is 5.24 Å². The highest BCUT2D eigenvalue weighted by atomic mass is 35.5. The Hall–Kier alpha value is -1.02. The molecule has 0 bridgehead atoms. The zero-order valence-corrected chi connectivity index (χ0v) is 9.93. The van der Waals surface area contributed by atoms with Crippen molar-refractivity contribution in [3.05, 3.63) is 29.3 Å². The number of benzene rings is 1. The molecular formula is C13H15ClO2. The molecule has 0 unspecified atom stereocenters. The first-order valence-corrected chi connectivity index (χ1v) is 6.11. The summed E-state index contributed by atoms with van der Waals surface area (Å²) in [6.07, 6.45) is 5.66. The van der Waals surface area contributed by atoms with Gasteiger partial charge >= 0.3 is 0 Å². The molecule has 0 saturated heterocycles. The number of hydrogen-bond donors (Lipinski definition) is 0. The Bertz CT molecular complexity index is 388. The molecule has 0 radical (unpaired) electrons. The van der Waals surface area contributed by atoms with E-state index in [0.29, 0.717) is 5.56 Å². The highest BCUT2D eigenvalue weighted by molar-refractivity contribution is 6.67. The molecule has 1 aliphatic rings. The number of aryl methyl sites for hydroxylation is 1. The van der Waals surface area contributed by atoms with Crippen molar-refractivity contribution in [1.82, 2.24) is 0 Å². The van der Waals surface area contributed by atoms with Crippen LogP contribution in [0.25, 0.3) is 0 Å². The fraction of sp³-hybridized carbons (Fsp3) is 0.462. The van der Waals surface area contributed by atoms with Gasteiger partial charge in [-0.05, 0) is 54.6 Å². The highest BCUT2D eigenvalue weighted by Crippen LogP contribution is 2.25. The number of fused-ring (bicyclic) bond motifs is 1. The number of carbonyl (C=O) groups is 1. The molecular weight excluding hydrogens is 224 g/mol. The van der Waals surface area contributed by atoms with Gasteiger partial charge in [-0.1, -0.05) is 12.8 Å². The molecule has 16 heavy (non-hydrogen) atoms. The third-order valence-corrected chi connectivity index (χ3v) is 3.10. The van der Waals surface area contributed by atoms with Gasteiger partial charge in [0, 0.05) is 5.56 Å². The molecule has 0 amide bonds. The monoisotopic (exact) mass is 238 g/mol. The molecule has 0 aliphatic carbocycles. The minimum Gasteiger partial charge on any atom is -0.493 e. The van der Waals surface area contributed by atoms with Gasteiger partial charge in [-0.3, -0.25) is 4.79 Å². The first kappa shape index (κ1) is 11.5. The molecule has 0 spiro atoms. The number of halogens is 1. The predicted molar refractivity (Wildman–Crippen MR) is 64.3 cm³/mol. The van der Waals surface area contributed by atoms with Crippen molar-refractivity contribution >= 4 is 16.8 Å². The van der Waals surface area contributed by atoms with Crippen molar-refractivity contribution in [2.45, 2.75) is 32.1 Å². The standard InChI is InChI=1S/C13H15ClO2/c14-13(15)11-6-7-12-10(9-11)5-3-1-2-4-8-16-12/h6-7,9H,1-5,8H2. The van der Waals surface area contributed by atoms with Gasteiger partial charge in [-0.2, -0.15) is 0 Å². The Labute approximate surface area is 101 Å². The maximum Gasteiger partial charge on any atom is 0.252 e. The van der Waals surface area contributed by atoms with Crippen LogP contribution < -0.4 is 4.74 Å². The number of rotatable bonds is 1. The van der Waals surface area contributed by atoms with E-state index in [4.69, 9.17) is 16.3 Å². The van der Waals surface area contributed by atoms with Crippen LogP contribution in [0.15, 0.2) is 18.2 Å². The maximum atomic E-state index is 11.1. The lowest BCUT2D eigenvalue weighted by Crippen LogP contribution is -2.00. The van der Waals surface area contributed by atoms with E-state index < -0.39 is 5.24 Å². The van der Waals surface area contributed by atoms with Gasteiger partial charge in [0.15, 0.2) is 0 Å². The summed E-state index contributed by atoms with van der Waals surface area (Å²) in [7, 11) is 0. The van der Waals surface area contributed by atoms with E-state index in [1.54, 1.807) is 6.07 Å². The van der Waals surface area contributed by atoms with Crippen LogP contribution in [0.2, 0.25) is 0 Å². The van der Waals surface area contributed by atoms with Crippen molar-refractivity contribution in [1.29, 1.82) is 0 Å². The number of hydrogen-bond acceptors (Lipinski definition) is 2. The lowest BCUT2D eigenvalue weighted by atomic mass is 10.0. The van der Waals surface area contributed by atoms with E-state index >= 15 is 0 Å². The van der Waals surface area contributed by atoms with Gasteiger partial charge < -0.3 is 4.74 Å². The average molecular weight is 239 g/mol. The first-order valence-electron chi connectivity index (χ1n) is 5.73. The Balaban J connectivity index is 2.27. The molecule has 0 aromatic heterocycles. The van der Waals surface area contributed by atoms with E-state index in [2.05, 4.69) is 0 Å². The minimum atomic E-state index is -0.400. The van der Waals surface area contributed by atoms with Gasteiger partial charge in [-0.25, -0.2) is 0 Å². The van der Waals surface area contributed by atoms with Crippen LogP contribution in [-0.2, 0) is 6.42 Å². The largest absolute Gasteiger partial charge is 0.493 e. The second kappa shape index (κ2) is 5.35. The topological polar surface area (TPSA) is 26.3 Å². The minimum absolute atomic E-state index is 0.400. The summed E-state index contributed by atoms with van der Waals surface area (Å²) in [4.78, 5) is 11.1. The second-order valence-electron chi connectivity index (χ2n) is 4.11. The van der Waals surface area contributed by atoms with Crippen LogP contribution in [0.3, 0.4) is 0 Å². The number of carbonyl (C=O) groups excluding carboxylic acids is 1. The summed E-state index contributed by atoms with van der Waals surface area (Å²) < 4.78 is 5.69. The summed E-state index contributed by atoms with van der Waals surface area (Å²) >= 11 is 5.47. The van der Waals surface area contributed by atoms with Gasteiger partial charge in [0.05, 0.1) is 6.61 Å². The highest BCUT2D eigenvalue weighted by Gasteiger charge is 2.10. The molecule has 1 aromatic rings. The maximum absolute atomic E-state index is 11.1. The SMILES string of the molecule is O=C(Cl)c1ccc2c(c1)CCCCCCO2. The van der Waals surface area contributed by atoms with Crippen molar-refractivity contribution in [2.75, 3.05) is 6.61 Å². The molecule has 86 valence electrons. The second-order valence-corrected chi connectivity index (χ2v) is 4.45. The summed E-state index contributed by atoms with van der Waals surface area (Å²) in [6.45, 7) is 0.765. The Morgan fingerprint density at radius 2 is 2.00 bits per heavy atom. The quantitative estimate of drug-likeness (QED) is 0.700. The average Bonchev–Trinajstić information content (AvgIpc) is 2.39. The molecule has 0 atom stereocenters. The Morgan fingerprint density at radius 3 is 2.81 bits per heavy atom. The summed E-state index contributed by atoms with van der Waals surface area (Å²) in [5.74, 6) is 0.906. The van der Waals surface area contributed by atoms with E-state index in [1.807, 2.05) is 12.1 Å². The van der Waals surface area contributed by atoms with Gasteiger partial charge in [-0.15, -0.1) is 0 Å². The van der Waals surface area contributed by atoms with E-state index in [-0.39, 0.29) is 0 Å². The van der Waals surface area contributed by atoms with E-state index in [1.165, 1.54) is 12.8 Å². The predicted octanol–water partition coefficient (Wildman–Crippen LogP) is 3.56. The molecule has 0 fully saturated rings. The van der Waals surface area contributed by atoms with Crippen LogP contribution in [0.1, 0.15) is 41.6 Å². The summed E-state index contributed by atoms with van der Waals surface area (Å²) in [5.41, 5.74) is 1.66. The van der Waals surface area contributed by atoms with Crippen LogP contribution in [0.4, 0.5) is 0 Å². The molecule has 0 saturated carbocycles. The van der Waals surface area contributed by atoms with Crippen LogP contribution in [0.5, 0.6) is 5.75 Å². The van der Waals surface area contributed by atoms with Crippen LogP contribution >= 0.6 is 11.6 Å². The third kappa shape index (κ3) is 2.76. The zero-order valence-electron chi connectivity index (χ0n) is 9.17. The summed E-state index contributed by atoms with van der Waals surface area (Å²) in [6, 6.07) is 5.44. The lowest BCUT2D eigenvalue weighted by molar-refractivity contribution is 0.108. The Morgan fingerprint density at radius 1 is 1.19 bits per heavy atom. The first-order chi connectivity index (χ1) is 7.77. The van der Waals surface area contributed by atoms with E-state index in [0.717, 1.165) is 37.2 Å². The molecule has 1 aromatic carbocycles. The van der Waals surface area contributed by atoms with Gasteiger partial charge in [0.2, 0.25) is 0 Å². The molecule has 0 N–H and O–H groups in total. The van der Waals surface area contributed by atoms with Crippen molar-refractivity contribution in [3.8, 4) is 5.75 Å².